The molecule has 0 bridgehead atoms. The van der Waals surface area contributed by atoms with E-state index in [0.29, 0.717) is 12.0 Å². The van der Waals surface area contributed by atoms with E-state index in [1.54, 1.807) is 12.1 Å². The molecule has 31 heavy (non-hydrogen) atoms. The number of hydrogen-bond acceptors (Lipinski definition) is 3. The zero-order chi connectivity index (χ0) is 21.8. The fraction of sp³-hybridized carbons (Fsp3) is 0.240. The molecule has 3 aromatic rings. The normalized spacial score (nSPS) is 13.4. The first-order valence-electron chi connectivity index (χ1n) is 10.2. The van der Waals surface area contributed by atoms with E-state index in [9.17, 15) is 14.3 Å². The number of carbonyl (C=O) groups excluding carboxylic acids is 1. The minimum atomic E-state index is -0.546. The number of nitrogens with one attached hydrogen (secondary N) is 1. The summed E-state index contributed by atoms with van der Waals surface area (Å²) in [7, 11) is 0. The van der Waals surface area contributed by atoms with Crippen LogP contribution in [-0.2, 0) is 11.2 Å². The Morgan fingerprint density at radius 2 is 1.71 bits per heavy atom. The molecule has 3 aromatic carbocycles. The SMILES string of the molecule is O=C(NCC(CO)Cc1cc(Br)ccc1F)OCC1c2ccccc2-c2ccccc21. The zero-order valence-electron chi connectivity index (χ0n) is 16.9. The predicted molar refractivity (Wildman–Crippen MR) is 121 cm³/mol. The van der Waals surface area contributed by atoms with Gasteiger partial charge in [-0.25, -0.2) is 9.18 Å². The lowest BCUT2D eigenvalue weighted by molar-refractivity contribution is 0.138. The van der Waals surface area contributed by atoms with Gasteiger partial charge in [-0.2, -0.15) is 0 Å². The van der Waals surface area contributed by atoms with Crippen molar-refractivity contribution >= 4 is 22.0 Å². The first kappa shape index (κ1) is 21.5. The summed E-state index contributed by atoms with van der Waals surface area (Å²) >= 11 is 3.33. The summed E-state index contributed by atoms with van der Waals surface area (Å²) < 4.78 is 20.3. The highest BCUT2D eigenvalue weighted by Gasteiger charge is 2.29. The topological polar surface area (TPSA) is 58.6 Å². The summed E-state index contributed by atoms with van der Waals surface area (Å²) in [6.07, 6.45) is -0.235. The number of ether oxygens (including phenoxy) is 1. The zero-order valence-corrected chi connectivity index (χ0v) is 18.4. The summed E-state index contributed by atoms with van der Waals surface area (Å²) in [6, 6.07) is 21.0. The van der Waals surface area contributed by atoms with E-state index in [1.807, 2.05) is 24.3 Å². The lowest BCUT2D eigenvalue weighted by Crippen LogP contribution is -2.33. The number of alkyl carbamates (subject to hydrolysis) is 1. The van der Waals surface area contributed by atoms with Crippen LogP contribution in [0.15, 0.2) is 71.2 Å². The number of fused-ring (bicyclic) bond motifs is 3. The Morgan fingerprint density at radius 1 is 1.06 bits per heavy atom. The predicted octanol–water partition coefficient (Wildman–Crippen LogP) is 5.28. The molecule has 1 aliphatic rings. The van der Waals surface area contributed by atoms with Gasteiger partial charge in [-0.05, 0) is 52.4 Å². The van der Waals surface area contributed by atoms with Gasteiger partial charge in [0, 0.05) is 29.5 Å². The summed E-state index contributed by atoms with van der Waals surface area (Å²) in [6.45, 7) is 0.249. The van der Waals surface area contributed by atoms with Gasteiger partial charge in [0.25, 0.3) is 0 Å². The molecule has 0 aromatic heterocycles. The van der Waals surface area contributed by atoms with Gasteiger partial charge in [0.1, 0.15) is 12.4 Å². The highest BCUT2D eigenvalue weighted by Crippen LogP contribution is 2.44. The maximum Gasteiger partial charge on any atom is 0.407 e. The lowest BCUT2D eigenvalue weighted by atomic mass is 9.98. The molecular weight excluding hydrogens is 461 g/mol. The molecule has 1 unspecified atom stereocenters. The maximum absolute atomic E-state index is 14.0. The largest absolute Gasteiger partial charge is 0.449 e. The number of rotatable bonds is 7. The third kappa shape index (κ3) is 4.81. The molecule has 0 spiro atoms. The Labute approximate surface area is 189 Å². The summed E-state index contributed by atoms with van der Waals surface area (Å²) in [5, 5.41) is 12.4. The first-order chi connectivity index (χ1) is 15.1. The molecule has 0 aliphatic heterocycles. The minimum Gasteiger partial charge on any atom is -0.449 e. The van der Waals surface area contributed by atoms with Crippen molar-refractivity contribution in [2.45, 2.75) is 12.3 Å². The Bertz CT molecular complexity index is 1040. The van der Waals surface area contributed by atoms with Crippen LogP contribution in [0.25, 0.3) is 11.1 Å². The molecule has 1 atom stereocenters. The molecule has 2 N–H and O–H groups in total. The van der Waals surface area contributed by atoms with Crippen LogP contribution in [0.4, 0.5) is 9.18 Å². The molecule has 1 amide bonds. The van der Waals surface area contributed by atoms with Crippen molar-refractivity contribution in [2.75, 3.05) is 19.8 Å². The Hall–Kier alpha value is -2.70. The first-order valence-corrected chi connectivity index (χ1v) is 11.0. The number of amides is 1. The van der Waals surface area contributed by atoms with E-state index in [4.69, 9.17) is 4.74 Å². The standard InChI is InChI=1S/C25H23BrFNO3/c26-18-9-10-24(27)17(12-18)11-16(14-29)13-28-25(30)31-15-23-21-7-3-1-5-19(21)20-6-2-4-8-22(20)23/h1-10,12,16,23,29H,11,13-15H2,(H,28,30). The van der Waals surface area contributed by atoms with Gasteiger partial charge in [-0.15, -0.1) is 0 Å². The van der Waals surface area contributed by atoms with Crippen LogP contribution in [-0.4, -0.2) is 31.0 Å². The Balaban J connectivity index is 1.35. The van der Waals surface area contributed by atoms with Crippen LogP contribution in [0, 0.1) is 11.7 Å². The van der Waals surface area contributed by atoms with E-state index in [0.717, 1.165) is 15.6 Å². The number of benzene rings is 3. The molecule has 0 radical (unpaired) electrons. The van der Waals surface area contributed by atoms with Crippen LogP contribution < -0.4 is 5.32 Å². The van der Waals surface area contributed by atoms with Gasteiger partial charge < -0.3 is 15.2 Å². The van der Waals surface area contributed by atoms with Gasteiger partial charge >= 0.3 is 6.09 Å². The van der Waals surface area contributed by atoms with Crippen molar-refractivity contribution in [1.29, 1.82) is 0 Å². The maximum atomic E-state index is 14.0. The fourth-order valence-electron chi connectivity index (χ4n) is 4.09. The molecule has 1 aliphatic carbocycles. The van der Waals surface area contributed by atoms with Gasteiger partial charge in [0.05, 0.1) is 0 Å². The van der Waals surface area contributed by atoms with E-state index < -0.39 is 6.09 Å². The molecule has 4 rings (SSSR count). The Kier molecular flexibility index (Phi) is 6.68. The van der Waals surface area contributed by atoms with Crippen LogP contribution in [0.3, 0.4) is 0 Å². The van der Waals surface area contributed by atoms with Crippen molar-refractivity contribution < 1.29 is 19.0 Å². The summed E-state index contributed by atoms with van der Waals surface area (Å²) in [4.78, 5) is 12.3. The average molecular weight is 484 g/mol. The Morgan fingerprint density at radius 3 is 2.35 bits per heavy atom. The summed E-state index contributed by atoms with van der Waals surface area (Å²) in [5.74, 6) is -0.658. The highest BCUT2D eigenvalue weighted by molar-refractivity contribution is 9.10. The molecule has 0 saturated carbocycles. The quantitative estimate of drug-likeness (QED) is 0.480. The van der Waals surface area contributed by atoms with Gasteiger partial charge in [-0.3, -0.25) is 0 Å². The van der Waals surface area contributed by atoms with Crippen LogP contribution in [0.2, 0.25) is 0 Å². The molecule has 4 nitrogen and oxygen atoms in total. The van der Waals surface area contributed by atoms with Gasteiger partial charge in [0.2, 0.25) is 0 Å². The van der Waals surface area contributed by atoms with Crippen LogP contribution in [0.1, 0.15) is 22.6 Å². The number of carbonyl (C=O) groups is 1. The third-order valence-corrected chi connectivity index (χ3v) is 6.15. The monoisotopic (exact) mass is 483 g/mol. The number of halogens is 2. The lowest BCUT2D eigenvalue weighted by Gasteiger charge is -2.17. The van der Waals surface area contributed by atoms with Crippen molar-refractivity contribution in [3.05, 3.63) is 93.7 Å². The van der Waals surface area contributed by atoms with Crippen molar-refractivity contribution in [3.8, 4) is 11.1 Å². The van der Waals surface area contributed by atoms with Gasteiger partial charge in [-0.1, -0.05) is 64.5 Å². The van der Waals surface area contributed by atoms with E-state index in [1.165, 1.54) is 17.2 Å². The van der Waals surface area contributed by atoms with Gasteiger partial charge in [0.15, 0.2) is 0 Å². The molecular formula is C25H23BrFNO3. The van der Waals surface area contributed by atoms with Crippen LogP contribution in [0.5, 0.6) is 0 Å². The van der Waals surface area contributed by atoms with Crippen molar-refractivity contribution in [2.24, 2.45) is 5.92 Å². The molecule has 160 valence electrons. The smallest absolute Gasteiger partial charge is 0.407 e. The van der Waals surface area contributed by atoms with Crippen molar-refractivity contribution in [1.82, 2.24) is 5.32 Å². The molecule has 0 saturated heterocycles. The molecule has 0 heterocycles. The van der Waals surface area contributed by atoms with Crippen LogP contribution >= 0.6 is 15.9 Å². The number of aliphatic hydroxyl groups is 1. The van der Waals surface area contributed by atoms with E-state index >= 15 is 0 Å². The highest BCUT2D eigenvalue weighted by atomic mass is 79.9. The summed E-state index contributed by atoms with van der Waals surface area (Å²) in [5.41, 5.74) is 5.12. The second-order valence-corrected chi connectivity index (χ2v) is 8.61. The average Bonchev–Trinajstić information content (AvgIpc) is 3.11. The fourth-order valence-corrected chi connectivity index (χ4v) is 4.50. The molecule has 6 heteroatoms. The minimum absolute atomic E-state index is 0.0115. The molecule has 0 fully saturated rings. The third-order valence-electron chi connectivity index (χ3n) is 5.65. The second-order valence-electron chi connectivity index (χ2n) is 7.69. The van der Waals surface area contributed by atoms with E-state index in [2.05, 4.69) is 45.5 Å². The van der Waals surface area contributed by atoms with E-state index in [-0.39, 0.29) is 37.4 Å². The second kappa shape index (κ2) is 9.62. The van der Waals surface area contributed by atoms with Crippen molar-refractivity contribution in [3.63, 3.8) is 0 Å². The number of aliphatic hydroxyl groups excluding tert-OH is 1. The number of hydrogen-bond donors (Lipinski definition) is 2.